The van der Waals surface area contributed by atoms with Gasteiger partial charge in [-0.3, -0.25) is 19.6 Å². The lowest BCUT2D eigenvalue weighted by Gasteiger charge is -2.15. The van der Waals surface area contributed by atoms with E-state index in [2.05, 4.69) is 10.0 Å². The van der Waals surface area contributed by atoms with Crippen molar-refractivity contribution >= 4 is 33.0 Å². The molecule has 0 aliphatic heterocycles. The van der Waals surface area contributed by atoms with Gasteiger partial charge in [-0.1, -0.05) is 6.07 Å². The summed E-state index contributed by atoms with van der Waals surface area (Å²) in [4.78, 5) is 22.6. The second-order valence-corrected chi connectivity index (χ2v) is 9.19. The average molecular weight is 470 g/mol. The molecule has 9 nitrogen and oxygen atoms in total. The molecule has 1 amide bonds. The summed E-state index contributed by atoms with van der Waals surface area (Å²) in [5, 5.41) is 13.4. The fourth-order valence-electron chi connectivity index (χ4n) is 3.11. The summed E-state index contributed by atoms with van der Waals surface area (Å²) in [7, 11) is -3.79. The van der Waals surface area contributed by atoms with E-state index in [-0.39, 0.29) is 10.6 Å². The van der Waals surface area contributed by atoms with Crippen LogP contribution in [-0.2, 0) is 14.8 Å². The molecule has 0 aromatic heterocycles. The van der Waals surface area contributed by atoms with Crippen LogP contribution in [0.15, 0.2) is 71.6 Å². The Kier molecular flexibility index (Phi) is 6.98. The standard InChI is InChI=1S/C23H23N3O6S/c1-15-12-16(2)14-19(13-15)25-33(30,31)22-10-4-18(5-11-22)24-23(27)17(3)32-21-8-6-20(7-9-21)26(28)29/h4-14,17,25H,1-3H3,(H,24,27)/t17-/m0/s1. The summed E-state index contributed by atoms with van der Waals surface area (Å²) >= 11 is 0. The fraction of sp³-hybridized carbons (Fsp3) is 0.174. The van der Waals surface area contributed by atoms with Crippen LogP contribution in [0.1, 0.15) is 18.1 Å². The van der Waals surface area contributed by atoms with Crippen LogP contribution in [0.4, 0.5) is 17.1 Å². The number of carbonyl (C=O) groups is 1. The molecule has 0 bridgehead atoms. The Morgan fingerprint density at radius 2 is 1.52 bits per heavy atom. The molecular formula is C23H23N3O6S. The second kappa shape index (κ2) is 9.70. The van der Waals surface area contributed by atoms with Crippen LogP contribution in [0.2, 0.25) is 0 Å². The highest BCUT2D eigenvalue weighted by Gasteiger charge is 2.18. The minimum absolute atomic E-state index is 0.0508. The van der Waals surface area contributed by atoms with Crippen molar-refractivity contribution in [3.8, 4) is 5.75 Å². The van der Waals surface area contributed by atoms with Crippen molar-refractivity contribution in [2.75, 3.05) is 10.0 Å². The van der Waals surface area contributed by atoms with Gasteiger partial charge >= 0.3 is 0 Å². The van der Waals surface area contributed by atoms with Crippen molar-refractivity contribution in [1.82, 2.24) is 0 Å². The number of hydrogen-bond donors (Lipinski definition) is 2. The van der Waals surface area contributed by atoms with Crippen LogP contribution in [0.5, 0.6) is 5.75 Å². The highest BCUT2D eigenvalue weighted by Crippen LogP contribution is 2.21. The number of rotatable bonds is 8. The first-order chi connectivity index (χ1) is 15.5. The molecule has 0 radical (unpaired) electrons. The van der Waals surface area contributed by atoms with E-state index >= 15 is 0 Å². The molecular weight excluding hydrogens is 446 g/mol. The van der Waals surface area contributed by atoms with Crippen molar-refractivity contribution in [2.45, 2.75) is 31.8 Å². The van der Waals surface area contributed by atoms with Crippen LogP contribution in [0.3, 0.4) is 0 Å². The van der Waals surface area contributed by atoms with Crippen LogP contribution < -0.4 is 14.8 Å². The van der Waals surface area contributed by atoms with E-state index in [9.17, 15) is 23.3 Å². The van der Waals surface area contributed by atoms with E-state index in [4.69, 9.17) is 4.74 Å². The predicted octanol–water partition coefficient (Wildman–Crippen LogP) is 4.42. The van der Waals surface area contributed by atoms with Gasteiger partial charge in [-0.25, -0.2) is 8.42 Å². The van der Waals surface area contributed by atoms with Gasteiger partial charge in [0.05, 0.1) is 9.82 Å². The quantitative estimate of drug-likeness (QED) is 0.371. The molecule has 172 valence electrons. The van der Waals surface area contributed by atoms with Gasteiger partial charge in [-0.15, -0.1) is 0 Å². The van der Waals surface area contributed by atoms with E-state index in [1.54, 1.807) is 12.1 Å². The molecule has 2 N–H and O–H groups in total. The molecule has 0 spiro atoms. The summed E-state index contributed by atoms with van der Waals surface area (Å²) in [5.74, 6) is -0.153. The van der Waals surface area contributed by atoms with Crippen molar-refractivity contribution in [3.05, 3.63) is 88.0 Å². The van der Waals surface area contributed by atoms with Gasteiger partial charge in [0, 0.05) is 23.5 Å². The molecule has 0 saturated heterocycles. The first-order valence-electron chi connectivity index (χ1n) is 9.97. The third-order valence-corrected chi connectivity index (χ3v) is 6.03. The highest BCUT2D eigenvalue weighted by atomic mass is 32.2. The van der Waals surface area contributed by atoms with E-state index in [1.807, 2.05) is 19.9 Å². The molecule has 1 atom stereocenters. The molecule has 33 heavy (non-hydrogen) atoms. The van der Waals surface area contributed by atoms with Crippen molar-refractivity contribution in [3.63, 3.8) is 0 Å². The van der Waals surface area contributed by atoms with Gasteiger partial charge in [0.15, 0.2) is 6.10 Å². The summed E-state index contributed by atoms with van der Waals surface area (Å²) in [6.07, 6.45) is -0.888. The molecule has 10 heteroatoms. The number of nitrogens with zero attached hydrogens (tertiary/aromatic N) is 1. The van der Waals surface area contributed by atoms with Crippen LogP contribution in [0.25, 0.3) is 0 Å². The Morgan fingerprint density at radius 1 is 0.939 bits per heavy atom. The number of nitro benzene ring substituents is 1. The third-order valence-electron chi connectivity index (χ3n) is 4.64. The van der Waals surface area contributed by atoms with Gasteiger partial charge < -0.3 is 10.1 Å². The number of nitrogens with one attached hydrogen (secondary N) is 2. The number of benzene rings is 3. The third kappa shape index (κ3) is 6.30. The van der Waals surface area contributed by atoms with Crippen molar-refractivity contribution in [2.24, 2.45) is 0 Å². The number of ether oxygens (including phenoxy) is 1. The van der Waals surface area contributed by atoms with E-state index in [0.717, 1.165) is 11.1 Å². The normalized spacial score (nSPS) is 12.0. The number of aryl methyl sites for hydroxylation is 2. The summed E-state index contributed by atoms with van der Waals surface area (Å²) in [6.45, 7) is 5.30. The zero-order valence-electron chi connectivity index (χ0n) is 18.2. The molecule has 3 rings (SSSR count). The number of nitro groups is 1. The minimum Gasteiger partial charge on any atom is -0.481 e. The minimum atomic E-state index is -3.79. The summed E-state index contributed by atoms with van der Waals surface area (Å²) < 4.78 is 33.4. The highest BCUT2D eigenvalue weighted by molar-refractivity contribution is 7.92. The zero-order chi connectivity index (χ0) is 24.2. The van der Waals surface area contributed by atoms with E-state index in [0.29, 0.717) is 17.1 Å². The Labute approximate surface area is 191 Å². The van der Waals surface area contributed by atoms with Gasteiger partial charge in [0.25, 0.3) is 21.6 Å². The van der Waals surface area contributed by atoms with Gasteiger partial charge in [0.1, 0.15) is 5.75 Å². The lowest BCUT2D eigenvalue weighted by atomic mass is 10.1. The van der Waals surface area contributed by atoms with Crippen LogP contribution in [0, 0.1) is 24.0 Å². The molecule has 0 heterocycles. The number of hydrogen-bond acceptors (Lipinski definition) is 6. The van der Waals surface area contributed by atoms with Gasteiger partial charge in [0.2, 0.25) is 0 Å². The first-order valence-corrected chi connectivity index (χ1v) is 11.4. The molecule has 3 aromatic rings. The Morgan fingerprint density at radius 3 is 2.06 bits per heavy atom. The number of carbonyl (C=O) groups excluding carboxylic acids is 1. The van der Waals surface area contributed by atoms with E-state index < -0.39 is 27.0 Å². The first kappa shape index (κ1) is 23.7. The zero-order valence-corrected chi connectivity index (χ0v) is 19.0. The van der Waals surface area contributed by atoms with Gasteiger partial charge in [-0.2, -0.15) is 0 Å². The van der Waals surface area contributed by atoms with E-state index in [1.165, 1.54) is 55.5 Å². The number of amides is 1. The molecule has 0 saturated carbocycles. The van der Waals surface area contributed by atoms with Crippen LogP contribution >= 0.6 is 0 Å². The lowest BCUT2D eigenvalue weighted by molar-refractivity contribution is -0.384. The molecule has 0 aliphatic rings. The molecule has 3 aromatic carbocycles. The topological polar surface area (TPSA) is 128 Å². The Balaban J connectivity index is 1.63. The maximum Gasteiger partial charge on any atom is 0.269 e. The maximum absolute atomic E-state index is 12.7. The summed E-state index contributed by atoms with van der Waals surface area (Å²) in [5.41, 5.74) is 2.67. The fourth-order valence-corrected chi connectivity index (χ4v) is 4.15. The number of anilines is 2. The SMILES string of the molecule is Cc1cc(C)cc(NS(=O)(=O)c2ccc(NC(=O)[C@H](C)Oc3ccc([N+](=O)[O-])cc3)cc2)c1. The monoisotopic (exact) mass is 469 g/mol. The molecule has 0 fully saturated rings. The molecule has 0 aliphatic carbocycles. The Bertz CT molecular complexity index is 1250. The van der Waals surface area contributed by atoms with Crippen molar-refractivity contribution in [1.29, 1.82) is 0 Å². The van der Waals surface area contributed by atoms with Crippen LogP contribution in [-0.4, -0.2) is 25.4 Å². The number of sulfonamides is 1. The predicted molar refractivity (Wildman–Crippen MR) is 125 cm³/mol. The smallest absolute Gasteiger partial charge is 0.269 e. The van der Waals surface area contributed by atoms with Gasteiger partial charge in [-0.05, 0) is 80.4 Å². The largest absolute Gasteiger partial charge is 0.481 e. The maximum atomic E-state index is 12.7. The second-order valence-electron chi connectivity index (χ2n) is 7.51. The lowest BCUT2D eigenvalue weighted by Crippen LogP contribution is -2.30. The molecule has 0 unspecified atom stereocenters. The Hall–Kier alpha value is -3.92. The average Bonchev–Trinajstić information content (AvgIpc) is 2.73. The summed E-state index contributed by atoms with van der Waals surface area (Å²) in [6, 6.07) is 16.5. The number of non-ortho nitro benzene ring substituents is 1. The van der Waals surface area contributed by atoms with Crippen molar-refractivity contribution < 1.29 is 22.9 Å².